The maximum absolute atomic E-state index is 12.3. The van der Waals surface area contributed by atoms with Crippen LogP contribution in [0.2, 0.25) is 0 Å². The third-order valence-electron chi connectivity index (χ3n) is 6.12. The molecule has 0 aliphatic carbocycles. The molecule has 5 rings (SSSR count). The zero-order valence-corrected chi connectivity index (χ0v) is 18.9. The quantitative estimate of drug-likeness (QED) is 0.480. The summed E-state index contributed by atoms with van der Waals surface area (Å²) >= 11 is 1.58. The largest absolute Gasteiger partial charge is 0.353 e. The lowest BCUT2D eigenvalue weighted by Gasteiger charge is -2.34. The van der Waals surface area contributed by atoms with Crippen LogP contribution in [0, 0.1) is 0 Å². The highest BCUT2D eigenvalue weighted by Gasteiger charge is 2.34. The van der Waals surface area contributed by atoms with Crippen molar-refractivity contribution in [1.82, 2.24) is 20.3 Å². The van der Waals surface area contributed by atoms with Gasteiger partial charge in [0.05, 0.1) is 26.6 Å². The minimum Gasteiger partial charge on any atom is -0.353 e. The van der Waals surface area contributed by atoms with E-state index in [0.717, 1.165) is 62.5 Å². The maximum Gasteiger partial charge on any atom is 0.221 e. The van der Waals surface area contributed by atoms with Gasteiger partial charge in [0.1, 0.15) is 10.6 Å². The summed E-state index contributed by atoms with van der Waals surface area (Å²) in [4.78, 5) is 17.3. The number of allylic oxidation sites excluding steroid dienone is 2. The van der Waals surface area contributed by atoms with E-state index in [1.807, 2.05) is 12.3 Å². The lowest BCUT2D eigenvalue weighted by Crippen LogP contribution is -2.51. The summed E-state index contributed by atoms with van der Waals surface area (Å²) in [6.07, 6.45) is 6.68. The average Bonchev–Trinajstić information content (AvgIpc) is 3.30. The number of aromatic nitrogens is 3. The van der Waals surface area contributed by atoms with Gasteiger partial charge in [0.2, 0.25) is 5.16 Å². The minimum absolute atomic E-state index is 0.390. The summed E-state index contributed by atoms with van der Waals surface area (Å²) in [5, 5.41) is 6.18. The number of hydrogen-bond acceptors (Lipinski definition) is 7. The van der Waals surface area contributed by atoms with E-state index in [9.17, 15) is 4.21 Å². The van der Waals surface area contributed by atoms with Crippen molar-refractivity contribution in [2.24, 2.45) is 0 Å². The van der Waals surface area contributed by atoms with Gasteiger partial charge in [-0.2, -0.15) is 0 Å². The van der Waals surface area contributed by atoms with Crippen LogP contribution in [0.3, 0.4) is 0 Å². The number of nitrogens with one attached hydrogen (secondary N) is 1. The maximum atomic E-state index is 12.3. The molecule has 8 heteroatoms. The molecule has 2 aliphatic heterocycles. The van der Waals surface area contributed by atoms with Crippen LogP contribution in [0.25, 0.3) is 25.9 Å². The number of piperazine rings is 1. The molecule has 2 aliphatic rings. The van der Waals surface area contributed by atoms with E-state index in [1.54, 1.807) is 17.6 Å². The molecular weight excluding hydrogens is 414 g/mol. The first kappa shape index (κ1) is 19.8. The van der Waals surface area contributed by atoms with Gasteiger partial charge in [-0.1, -0.05) is 20.1 Å². The Morgan fingerprint density at radius 3 is 2.70 bits per heavy atom. The van der Waals surface area contributed by atoms with E-state index in [4.69, 9.17) is 4.98 Å². The van der Waals surface area contributed by atoms with Gasteiger partial charge in [0.25, 0.3) is 0 Å². The molecule has 0 radical (unpaired) electrons. The summed E-state index contributed by atoms with van der Waals surface area (Å²) in [5.41, 5.74) is 2.70. The molecule has 0 amide bonds. The van der Waals surface area contributed by atoms with Crippen LogP contribution < -0.4 is 10.2 Å². The molecule has 3 unspecified atom stereocenters. The number of pyridine rings is 1. The van der Waals surface area contributed by atoms with Crippen LogP contribution >= 0.6 is 11.3 Å². The number of hydrogen-bond donors (Lipinski definition) is 1. The van der Waals surface area contributed by atoms with Crippen LogP contribution in [0.1, 0.15) is 31.9 Å². The number of rotatable bonds is 5. The molecule has 5 heterocycles. The van der Waals surface area contributed by atoms with Crippen molar-refractivity contribution in [2.45, 2.75) is 43.4 Å². The first-order valence-corrected chi connectivity index (χ1v) is 12.6. The Morgan fingerprint density at radius 1 is 1.30 bits per heavy atom. The molecule has 6 nitrogen and oxygen atoms in total. The van der Waals surface area contributed by atoms with Crippen LogP contribution in [0.5, 0.6) is 0 Å². The molecule has 2 saturated heterocycles. The van der Waals surface area contributed by atoms with Gasteiger partial charge in [0.15, 0.2) is 0 Å². The highest BCUT2D eigenvalue weighted by molar-refractivity contribution is 7.84. The van der Waals surface area contributed by atoms with E-state index in [1.165, 1.54) is 12.8 Å². The fraction of sp³-hybridized carbons (Fsp3) is 0.409. The van der Waals surface area contributed by atoms with Gasteiger partial charge in [-0.15, -0.1) is 11.3 Å². The number of nitrogens with zero attached hydrogens (tertiary/aromatic N) is 4. The Labute approximate surface area is 182 Å². The predicted octanol–water partition coefficient (Wildman–Crippen LogP) is 3.90. The Morgan fingerprint density at radius 2 is 2.03 bits per heavy atom. The van der Waals surface area contributed by atoms with Crippen molar-refractivity contribution in [3.8, 4) is 0 Å². The van der Waals surface area contributed by atoms with Crippen molar-refractivity contribution < 1.29 is 4.21 Å². The van der Waals surface area contributed by atoms with Crippen LogP contribution in [-0.2, 0) is 10.8 Å². The van der Waals surface area contributed by atoms with Crippen LogP contribution in [0.15, 0.2) is 36.2 Å². The molecule has 3 atom stereocenters. The molecule has 2 bridgehead atoms. The van der Waals surface area contributed by atoms with Gasteiger partial charge < -0.3 is 10.2 Å². The van der Waals surface area contributed by atoms with Gasteiger partial charge in [0, 0.05) is 43.0 Å². The zero-order valence-electron chi connectivity index (χ0n) is 17.3. The molecule has 156 valence electrons. The third kappa shape index (κ3) is 3.18. The number of thiophene rings is 1. The van der Waals surface area contributed by atoms with Crippen molar-refractivity contribution in [3.63, 3.8) is 0 Å². The lowest BCUT2D eigenvalue weighted by molar-refractivity contribution is 0.463. The smallest absolute Gasteiger partial charge is 0.221 e. The molecule has 3 aromatic rings. The van der Waals surface area contributed by atoms with Gasteiger partial charge >= 0.3 is 0 Å². The summed E-state index contributed by atoms with van der Waals surface area (Å²) < 4.78 is 13.3. The Hall–Kier alpha value is -2.16. The van der Waals surface area contributed by atoms with E-state index in [2.05, 4.69) is 40.3 Å². The Bertz CT molecular complexity index is 1210. The van der Waals surface area contributed by atoms with E-state index in [0.29, 0.717) is 17.2 Å². The highest BCUT2D eigenvalue weighted by Crippen LogP contribution is 2.42. The second-order valence-corrected chi connectivity index (χ2v) is 10.4. The first-order chi connectivity index (χ1) is 14.5. The molecule has 3 aromatic heterocycles. The van der Waals surface area contributed by atoms with Crippen LogP contribution in [-0.4, -0.2) is 50.6 Å². The van der Waals surface area contributed by atoms with Gasteiger partial charge in [-0.25, -0.2) is 9.97 Å². The Kier molecular flexibility index (Phi) is 4.95. The molecule has 0 spiro atoms. The average molecular weight is 440 g/mol. The second-order valence-electron chi connectivity index (χ2n) is 8.08. The van der Waals surface area contributed by atoms with Gasteiger partial charge in [-0.3, -0.25) is 9.19 Å². The third-order valence-corrected chi connectivity index (χ3v) is 7.92. The molecule has 2 fully saturated rings. The number of anilines is 1. The SMILES string of the molecule is C=C(CC)C(=C)c1nccc2c1sc1nc(S(C)=O)nc(N3CC4CCC(C3)N4)c12. The van der Waals surface area contributed by atoms with Crippen molar-refractivity contribution in [1.29, 1.82) is 0 Å². The number of fused-ring (bicyclic) bond motifs is 5. The molecule has 0 aromatic carbocycles. The molecular formula is C22H25N5OS2. The summed E-state index contributed by atoms with van der Waals surface area (Å²) in [6, 6.07) is 3.00. The fourth-order valence-electron chi connectivity index (χ4n) is 4.49. The predicted molar refractivity (Wildman–Crippen MR) is 126 cm³/mol. The lowest BCUT2D eigenvalue weighted by atomic mass is 10.0. The monoisotopic (exact) mass is 439 g/mol. The molecule has 0 saturated carbocycles. The van der Waals surface area contributed by atoms with Crippen molar-refractivity contribution in [3.05, 3.63) is 36.7 Å². The first-order valence-electron chi connectivity index (χ1n) is 10.3. The Balaban J connectivity index is 1.75. The van der Waals surface area contributed by atoms with Crippen molar-refractivity contribution in [2.75, 3.05) is 24.2 Å². The van der Waals surface area contributed by atoms with Crippen molar-refractivity contribution >= 4 is 53.8 Å². The summed E-state index contributed by atoms with van der Waals surface area (Å²) in [6.45, 7) is 12.3. The van der Waals surface area contributed by atoms with E-state index in [-0.39, 0.29) is 0 Å². The molecule has 1 N–H and O–H groups in total. The standard InChI is InChI=1S/C22H25N5OS2/c1-5-12(2)13(3)18-19-16(8-9-23-18)17-20(25-22(30(4)28)26-21(17)29-19)27-10-14-6-7-15(11-27)24-14/h8-9,14-15,24H,2-3,5-7,10-11H2,1,4H3. The summed E-state index contributed by atoms with van der Waals surface area (Å²) in [7, 11) is -1.25. The second kappa shape index (κ2) is 7.51. The topological polar surface area (TPSA) is 71.0 Å². The fourth-order valence-corrected chi connectivity index (χ4v) is 6.16. The van der Waals surface area contributed by atoms with Crippen LogP contribution in [0.4, 0.5) is 5.82 Å². The summed E-state index contributed by atoms with van der Waals surface area (Å²) in [5.74, 6) is 0.895. The highest BCUT2D eigenvalue weighted by atomic mass is 32.2. The van der Waals surface area contributed by atoms with E-state index >= 15 is 0 Å². The zero-order chi connectivity index (χ0) is 21.0. The molecule has 30 heavy (non-hydrogen) atoms. The minimum atomic E-state index is -1.25. The van der Waals surface area contributed by atoms with Gasteiger partial charge in [-0.05, 0) is 36.5 Å². The normalized spacial score (nSPS) is 22.0. The van der Waals surface area contributed by atoms with E-state index < -0.39 is 10.8 Å².